The van der Waals surface area contributed by atoms with Gasteiger partial charge in [0.05, 0.1) is 5.56 Å². The van der Waals surface area contributed by atoms with Crippen LogP contribution in [0.4, 0.5) is 0 Å². The van der Waals surface area contributed by atoms with Crippen molar-refractivity contribution in [2.75, 3.05) is 0 Å². The van der Waals surface area contributed by atoms with Gasteiger partial charge in [-0.25, -0.2) is 15.0 Å². The summed E-state index contributed by atoms with van der Waals surface area (Å²) < 4.78 is 13.0. The molecule has 276 valence electrons. The van der Waals surface area contributed by atoms with Crippen LogP contribution in [0.25, 0.3) is 99.9 Å². The number of nitrogens with zero attached hydrogens (tertiary/aromatic N) is 3. The zero-order chi connectivity index (χ0) is 37.7. The lowest BCUT2D eigenvalue weighted by Crippen LogP contribution is -2.55. The second-order valence-electron chi connectivity index (χ2n) is 17.5. The Morgan fingerprint density at radius 3 is 1.84 bits per heavy atom. The Kier molecular flexibility index (Phi) is 6.13. The lowest BCUT2D eigenvalue weighted by molar-refractivity contribution is -0.0398. The molecule has 3 heterocycles. The molecule has 0 atom stereocenters. The maximum Gasteiger partial charge on any atom is 0.167 e. The van der Waals surface area contributed by atoms with Gasteiger partial charge in [-0.2, -0.15) is 0 Å². The van der Waals surface area contributed by atoms with Crippen LogP contribution in [0.2, 0.25) is 0 Å². The molecule has 10 aromatic rings. The van der Waals surface area contributed by atoms with Crippen LogP contribution in [0.15, 0.2) is 148 Å². The minimum atomic E-state index is -0.00199. The number of fused-ring (bicyclic) bond motifs is 10. The highest BCUT2D eigenvalue weighted by atomic mass is 16.3. The van der Waals surface area contributed by atoms with Gasteiger partial charge < -0.3 is 8.83 Å². The number of hydrogen-bond acceptors (Lipinski definition) is 5. The van der Waals surface area contributed by atoms with Gasteiger partial charge in [0, 0.05) is 38.1 Å². The first-order valence-corrected chi connectivity index (χ1v) is 20.9. The molecule has 5 aliphatic rings. The van der Waals surface area contributed by atoms with Crippen molar-refractivity contribution in [3.05, 3.63) is 151 Å². The Morgan fingerprint density at radius 2 is 1.03 bits per heavy atom. The van der Waals surface area contributed by atoms with Crippen molar-refractivity contribution in [3.8, 4) is 45.3 Å². The summed E-state index contributed by atoms with van der Waals surface area (Å²) >= 11 is 0. The van der Waals surface area contributed by atoms with E-state index in [0.717, 1.165) is 72.4 Å². The van der Waals surface area contributed by atoms with Crippen LogP contribution >= 0.6 is 0 Å². The third kappa shape index (κ3) is 4.13. The first kappa shape index (κ1) is 31.5. The van der Waals surface area contributed by atoms with Crippen molar-refractivity contribution >= 4 is 54.6 Å². The van der Waals surface area contributed by atoms with E-state index in [0.29, 0.717) is 29.3 Å². The van der Waals surface area contributed by atoms with Gasteiger partial charge in [0.25, 0.3) is 0 Å². The summed E-state index contributed by atoms with van der Waals surface area (Å²) in [6, 6.07) is 50.0. The van der Waals surface area contributed by atoms with E-state index in [1.165, 1.54) is 59.6 Å². The van der Waals surface area contributed by atoms with E-state index < -0.39 is 0 Å². The summed E-state index contributed by atoms with van der Waals surface area (Å²) in [4.78, 5) is 16.1. The van der Waals surface area contributed by atoms with Crippen molar-refractivity contribution in [1.29, 1.82) is 0 Å². The molecule has 5 aliphatic carbocycles. The number of hydrogen-bond donors (Lipinski definition) is 0. The van der Waals surface area contributed by atoms with E-state index in [1.54, 1.807) is 5.56 Å². The molecular formula is C53H37N3O2. The van der Waals surface area contributed by atoms with Gasteiger partial charge in [-0.05, 0) is 131 Å². The average Bonchev–Trinajstić information content (AvgIpc) is 3.92. The SMILES string of the molecule is c1ccc2cc3c(cc2c1)-c1ccc(-c2nc(-c4cccc5c4oc4ccccc45)nc(-c4cccc5oc6ccccc6c45)n2)cc1C31C2CC3CC(C2)CC1C3. The second kappa shape index (κ2) is 11.3. The topological polar surface area (TPSA) is 65.0 Å². The van der Waals surface area contributed by atoms with E-state index >= 15 is 0 Å². The Bertz CT molecular complexity index is 3360. The molecule has 5 heteroatoms. The molecule has 1 spiro atoms. The second-order valence-corrected chi connectivity index (χ2v) is 17.5. The van der Waals surface area contributed by atoms with Gasteiger partial charge in [-0.1, -0.05) is 97.1 Å². The smallest absolute Gasteiger partial charge is 0.167 e. The lowest BCUT2D eigenvalue weighted by Gasteiger charge is -2.61. The molecule has 7 aromatic carbocycles. The number of rotatable bonds is 3. The van der Waals surface area contributed by atoms with E-state index in [1.807, 2.05) is 36.4 Å². The Balaban J connectivity index is 1.03. The largest absolute Gasteiger partial charge is 0.456 e. The Morgan fingerprint density at radius 1 is 0.431 bits per heavy atom. The van der Waals surface area contributed by atoms with E-state index in [4.69, 9.17) is 23.8 Å². The van der Waals surface area contributed by atoms with Crippen LogP contribution < -0.4 is 0 Å². The molecule has 4 bridgehead atoms. The van der Waals surface area contributed by atoms with Crippen molar-refractivity contribution in [3.63, 3.8) is 0 Å². The quantitative estimate of drug-likeness (QED) is 0.180. The third-order valence-electron chi connectivity index (χ3n) is 14.7. The Labute approximate surface area is 334 Å². The molecule has 0 unspecified atom stereocenters. The van der Waals surface area contributed by atoms with Gasteiger partial charge in [0.2, 0.25) is 0 Å². The molecule has 0 saturated heterocycles. The van der Waals surface area contributed by atoms with Crippen molar-refractivity contribution in [2.24, 2.45) is 23.7 Å². The van der Waals surface area contributed by atoms with Crippen LogP contribution in [-0.2, 0) is 5.41 Å². The van der Waals surface area contributed by atoms with Gasteiger partial charge in [-0.15, -0.1) is 0 Å². The molecular weight excluding hydrogens is 711 g/mol. The summed E-state index contributed by atoms with van der Waals surface area (Å²) in [7, 11) is 0. The number of furan rings is 2. The fourth-order valence-corrected chi connectivity index (χ4v) is 12.6. The lowest BCUT2D eigenvalue weighted by atomic mass is 9.43. The van der Waals surface area contributed by atoms with Gasteiger partial charge in [0.1, 0.15) is 22.3 Å². The van der Waals surface area contributed by atoms with Gasteiger partial charge in [0.15, 0.2) is 17.5 Å². The molecule has 0 aliphatic heterocycles. The van der Waals surface area contributed by atoms with Crippen LogP contribution in [0.1, 0.15) is 43.2 Å². The van der Waals surface area contributed by atoms with Crippen molar-refractivity contribution in [1.82, 2.24) is 15.0 Å². The molecule has 4 saturated carbocycles. The average molecular weight is 748 g/mol. The van der Waals surface area contributed by atoms with Gasteiger partial charge >= 0.3 is 0 Å². The minimum absolute atomic E-state index is 0.00199. The molecule has 0 amide bonds. The number of benzene rings is 7. The molecule has 15 rings (SSSR count). The Hall–Kier alpha value is -6.59. The van der Waals surface area contributed by atoms with Gasteiger partial charge in [-0.3, -0.25) is 0 Å². The zero-order valence-electron chi connectivity index (χ0n) is 31.8. The molecule has 5 nitrogen and oxygen atoms in total. The van der Waals surface area contributed by atoms with Crippen LogP contribution in [0.5, 0.6) is 0 Å². The number of aromatic nitrogens is 3. The molecule has 58 heavy (non-hydrogen) atoms. The van der Waals surface area contributed by atoms with Crippen molar-refractivity contribution in [2.45, 2.75) is 37.5 Å². The maximum atomic E-state index is 6.59. The van der Waals surface area contributed by atoms with E-state index in [2.05, 4.69) is 103 Å². The first-order valence-electron chi connectivity index (χ1n) is 20.9. The van der Waals surface area contributed by atoms with E-state index in [9.17, 15) is 0 Å². The molecule has 4 fully saturated rings. The van der Waals surface area contributed by atoms with Crippen molar-refractivity contribution < 1.29 is 8.83 Å². The summed E-state index contributed by atoms with van der Waals surface area (Å²) in [5.74, 6) is 4.88. The number of para-hydroxylation sites is 3. The summed E-state index contributed by atoms with van der Waals surface area (Å²) in [5, 5.41) is 6.83. The highest BCUT2D eigenvalue weighted by Gasteiger charge is 2.61. The van der Waals surface area contributed by atoms with Crippen LogP contribution in [0, 0.1) is 23.7 Å². The summed E-state index contributed by atoms with van der Waals surface area (Å²) in [5.41, 5.74) is 11.9. The summed E-state index contributed by atoms with van der Waals surface area (Å²) in [6.07, 6.45) is 6.73. The zero-order valence-corrected chi connectivity index (χ0v) is 31.8. The molecule has 0 radical (unpaired) electrons. The maximum absolute atomic E-state index is 6.59. The fraction of sp³-hybridized carbons (Fsp3) is 0.189. The minimum Gasteiger partial charge on any atom is -0.456 e. The predicted molar refractivity (Wildman–Crippen MR) is 231 cm³/mol. The van der Waals surface area contributed by atoms with E-state index in [-0.39, 0.29) is 5.41 Å². The molecule has 3 aromatic heterocycles. The predicted octanol–water partition coefficient (Wildman–Crippen LogP) is 13.5. The third-order valence-corrected chi connectivity index (χ3v) is 14.7. The standard InChI is InChI=1S/C53H37N3O2/c1-2-10-32-27-44-42(26-31(32)9-1)36-20-19-33(28-43(36)53(44)34-22-29-21-30(24-34)25-35(53)23-29)50-54-51(40-14-8-18-47-48(40)39-12-4-6-17-46(39)57-47)56-52(55-50)41-15-7-13-38-37-11-3-5-16-45(37)58-49(38)41/h1-20,26-30,34-35H,21-25H2. The summed E-state index contributed by atoms with van der Waals surface area (Å²) in [6.45, 7) is 0. The fourth-order valence-electron chi connectivity index (χ4n) is 12.6. The van der Waals surface area contributed by atoms with Crippen LogP contribution in [-0.4, -0.2) is 15.0 Å². The first-order chi connectivity index (χ1) is 28.7. The monoisotopic (exact) mass is 747 g/mol. The highest BCUT2D eigenvalue weighted by Crippen LogP contribution is 2.69. The normalized spacial score (nSPS) is 22.9. The highest BCUT2D eigenvalue weighted by molar-refractivity contribution is 6.12. The molecule has 0 N–H and O–H groups in total. The van der Waals surface area contributed by atoms with Crippen LogP contribution in [0.3, 0.4) is 0 Å².